The van der Waals surface area contributed by atoms with Crippen LogP contribution in [0.25, 0.3) is 0 Å². The van der Waals surface area contributed by atoms with Gasteiger partial charge in [-0.15, -0.1) is 0 Å². The van der Waals surface area contributed by atoms with Crippen LogP contribution >= 0.6 is 0 Å². The fourth-order valence-electron chi connectivity index (χ4n) is 2.39. The molecule has 9 nitrogen and oxygen atoms in total. The number of esters is 1. The molecule has 1 aliphatic heterocycles. The molecule has 1 amide bonds. The van der Waals surface area contributed by atoms with Gasteiger partial charge in [0.15, 0.2) is 0 Å². The minimum Gasteiger partial charge on any atom is -0.460 e. The van der Waals surface area contributed by atoms with Gasteiger partial charge in [-0.1, -0.05) is 0 Å². The van der Waals surface area contributed by atoms with Crippen LogP contribution in [0.15, 0.2) is 0 Å². The number of carbonyl (C=O) groups excluding carboxylic acids is 2. The Morgan fingerprint density at radius 3 is 1.79 bits per heavy atom. The topological polar surface area (TPSA) is 119 Å². The molecule has 1 N–H and O–H groups in total. The predicted molar refractivity (Wildman–Crippen MR) is 102 cm³/mol. The molecule has 0 aromatic heterocycles. The van der Waals surface area contributed by atoms with Crippen LogP contribution in [-0.2, 0) is 28.6 Å². The maximum atomic E-state index is 11.5. The second-order valence-electron chi connectivity index (χ2n) is 9.16. The number of ether oxygens (including phenoxy) is 2. The van der Waals surface area contributed by atoms with Gasteiger partial charge in [0.25, 0.3) is 10.1 Å². The highest BCUT2D eigenvalue weighted by Gasteiger charge is 2.37. The molecule has 1 saturated heterocycles. The van der Waals surface area contributed by atoms with E-state index in [4.69, 9.17) is 18.8 Å². The summed E-state index contributed by atoms with van der Waals surface area (Å²) in [5.74, 6) is -0.243. The van der Waals surface area contributed by atoms with Crippen LogP contribution in [0.1, 0.15) is 54.4 Å². The molecule has 0 radical (unpaired) electrons. The maximum Gasteiger partial charge on any atom is 0.410 e. The molecular formula is C18H33NO8S. The third kappa shape index (κ3) is 9.70. The lowest BCUT2D eigenvalue weighted by atomic mass is 9.82. The lowest BCUT2D eigenvalue weighted by Crippen LogP contribution is -2.56. The van der Waals surface area contributed by atoms with Gasteiger partial charge in [0.1, 0.15) is 17.3 Å². The SMILES string of the molecule is CC(C)(C)OC(=O)C1CC(O)C1.CC(C)(C)OC(=O)N1CC(OS(C)(=O)=O)C1. The van der Waals surface area contributed by atoms with Gasteiger partial charge in [0.05, 0.1) is 31.4 Å². The van der Waals surface area contributed by atoms with E-state index >= 15 is 0 Å². The van der Waals surface area contributed by atoms with Gasteiger partial charge in [-0.25, -0.2) is 4.79 Å². The molecule has 2 rings (SSSR count). The van der Waals surface area contributed by atoms with E-state index in [1.54, 1.807) is 20.8 Å². The zero-order valence-corrected chi connectivity index (χ0v) is 18.5. The Morgan fingerprint density at radius 2 is 1.43 bits per heavy atom. The fraction of sp³-hybridized carbons (Fsp3) is 0.889. The number of carbonyl (C=O) groups is 2. The molecule has 0 spiro atoms. The summed E-state index contributed by atoms with van der Waals surface area (Å²) in [7, 11) is -3.45. The van der Waals surface area contributed by atoms with Crippen molar-refractivity contribution in [3.05, 3.63) is 0 Å². The van der Waals surface area contributed by atoms with E-state index < -0.39 is 33.5 Å². The highest BCUT2D eigenvalue weighted by Crippen LogP contribution is 2.29. The van der Waals surface area contributed by atoms with Crippen LogP contribution in [0.2, 0.25) is 0 Å². The smallest absolute Gasteiger partial charge is 0.410 e. The van der Waals surface area contributed by atoms with Gasteiger partial charge in [-0.3, -0.25) is 8.98 Å². The Bertz CT molecular complexity index is 650. The third-order valence-electron chi connectivity index (χ3n) is 3.66. The first-order valence-electron chi connectivity index (χ1n) is 9.22. The summed E-state index contributed by atoms with van der Waals surface area (Å²) in [4.78, 5) is 24.1. The van der Waals surface area contributed by atoms with Crippen molar-refractivity contribution in [2.45, 2.75) is 77.8 Å². The van der Waals surface area contributed by atoms with Crippen LogP contribution in [0.3, 0.4) is 0 Å². The monoisotopic (exact) mass is 423 g/mol. The van der Waals surface area contributed by atoms with E-state index in [0.29, 0.717) is 12.8 Å². The number of aliphatic hydroxyl groups is 1. The van der Waals surface area contributed by atoms with Gasteiger partial charge in [0, 0.05) is 0 Å². The highest BCUT2D eigenvalue weighted by molar-refractivity contribution is 7.86. The van der Waals surface area contributed by atoms with E-state index in [-0.39, 0.29) is 31.1 Å². The highest BCUT2D eigenvalue weighted by atomic mass is 32.2. The fourth-order valence-corrected chi connectivity index (χ4v) is 3.00. The molecule has 1 aliphatic carbocycles. The Balaban J connectivity index is 0.000000292. The zero-order valence-electron chi connectivity index (χ0n) is 17.7. The van der Waals surface area contributed by atoms with Crippen LogP contribution in [0, 0.1) is 5.92 Å². The molecule has 10 heteroatoms. The number of amides is 1. The van der Waals surface area contributed by atoms with Gasteiger partial charge in [-0.05, 0) is 54.4 Å². The molecule has 0 aromatic carbocycles. The van der Waals surface area contributed by atoms with Crippen LogP contribution in [0.4, 0.5) is 4.79 Å². The molecule has 1 saturated carbocycles. The van der Waals surface area contributed by atoms with Crippen molar-refractivity contribution in [3.63, 3.8) is 0 Å². The molecule has 2 fully saturated rings. The molecule has 164 valence electrons. The molecule has 1 heterocycles. The average Bonchev–Trinajstić information content (AvgIpc) is 2.34. The Kier molecular flexibility index (Phi) is 7.89. The maximum absolute atomic E-state index is 11.5. The zero-order chi connectivity index (χ0) is 21.9. The molecular weight excluding hydrogens is 390 g/mol. The van der Waals surface area contributed by atoms with Crippen molar-refractivity contribution >= 4 is 22.2 Å². The molecule has 0 aromatic rings. The van der Waals surface area contributed by atoms with Gasteiger partial charge >= 0.3 is 12.1 Å². The standard InChI is InChI=1S/C9H17NO5S.C9H16O3/c1-9(2,3)14-8(11)10-5-7(6-10)15-16(4,12)13;1-9(2,3)12-8(11)6-4-7(10)5-6/h7H,5-6H2,1-4H3;6-7,10H,4-5H2,1-3H3. The normalized spacial score (nSPS) is 22.9. The lowest BCUT2D eigenvalue weighted by molar-refractivity contribution is -0.167. The van der Waals surface area contributed by atoms with E-state index in [1.165, 1.54) is 4.90 Å². The number of nitrogens with zero attached hydrogens (tertiary/aromatic N) is 1. The molecule has 0 atom stereocenters. The van der Waals surface area contributed by atoms with E-state index in [0.717, 1.165) is 6.26 Å². The Morgan fingerprint density at radius 1 is 0.964 bits per heavy atom. The summed E-state index contributed by atoms with van der Waals surface area (Å²) in [6.07, 6.45) is 0.943. The predicted octanol–water partition coefficient (Wildman–Crippen LogP) is 1.68. The van der Waals surface area contributed by atoms with Gasteiger partial charge < -0.3 is 19.5 Å². The Hall–Kier alpha value is -1.39. The number of rotatable bonds is 3. The molecule has 0 unspecified atom stereocenters. The van der Waals surface area contributed by atoms with Crippen LogP contribution in [-0.4, -0.2) is 73.2 Å². The first kappa shape index (κ1) is 24.6. The van der Waals surface area contributed by atoms with E-state index in [1.807, 2.05) is 20.8 Å². The summed E-state index contributed by atoms with van der Waals surface area (Å²) < 4.78 is 36.5. The van der Waals surface area contributed by atoms with Crippen LogP contribution in [0.5, 0.6) is 0 Å². The summed E-state index contributed by atoms with van der Waals surface area (Å²) >= 11 is 0. The quantitative estimate of drug-likeness (QED) is 0.538. The first-order valence-corrected chi connectivity index (χ1v) is 11.0. The largest absolute Gasteiger partial charge is 0.460 e. The average molecular weight is 424 g/mol. The van der Waals surface area contributed by atoms with Crippen molar-refractivity contribution in [2.24, 2.45) is 5.92 Å². The number of likely N-dealkylation sites (tertiary alicyclic amines) is 1. The summed E-state index contributed by atoms with van der Waals surface area (Å²) in [6.45, 7) is 11.4. The second-order valence-corrected chi connectivity index (χ2v) is 10.8. The summed E-state index contributed by atoms with van der Waals surface area (Å²) in [5, 5.41) is 8.96. The molecule has 2 aliphatic rings. The van der Waals surface area contributed by atoms with Crippen molar-refractivity contribution in [1.29, 1.82) is 0 Å². The lowest BCUT2D eigenvalue weighted by Gasteiger charge is -2.38. The number of hydrogen-bond donors (Lipinski definition) is 1. The van der Waals surface area contributed by atoms with E-state index in [9.17, 15) is 18.0 Å². The van der Waals surface area contributed by atoms with E-state index in [2.05, 4.69) is 0 Å². The van der Waals surface area contributed by atoms with Crippen molar-refractivity contribution in [3.8, 4) is 0 Å². The van der Waals surface area contributed by atoms with Crippen molar-refractivity contribution in [1.82, 2.24) is 4.90 Å². The summed E-state index contributed by atoms with van der Waals surface area (Å²) in [5.41, 5.74) is -0.947. The molecule has 0 bridgehead atoms. The molecule has 28 heavy (non-hydrogen) atoms. The second kappa shape index (κ2) is 8.96. The Labute approximate surface area is 167 Å². The van der Waals surface area contributed by atoms with Gasteiger partial charge in [-0.2, -0.15) is 8.42 Å². The first-order chi connectivity index (χ1) is 12.5. The summed E-state index contributed by atoms with van der Waals surface area (Å²) in [6, 6.07) is 0. The van der Waals surface area contributed by atoms with Crippen LogP contribution < -0.4 is 0 Å². The minimum absolute atomic E-state index is 0.0702. The number of aliphatic hydroxyl groups excluding tert-OH is 1. The van der Waals surface area contributed by atoms with Gasteiger partial charge in [0.2, 0.25) is 0 Å². The van der Waals surface area contributed by atoms with Crippen molar-refractivity contribution < 1.29 is 36.8 Å². The van der Waals surface area contributed by atoms with Crippen molar-refractivity contribution in [2.75, 3.05) is 19.3 Å². The number of hydrogen-bond acceptors (Lipinski definition) is 8. The third-order valence-corrected chi connectivity index (χ3v) is 4.29. The minimum atomic E-state index is -3.45.